The van der Waals surface area contributed by atoms with Gasteiger partial charge in [0.15, 0.2) is 0 Å². The molecule has 2 saturated heterocycles. The second-order valence-corrected chi connectivity index (χ2v) is 11.8. The second-order valence-electron chi connectivity index (χ2n) is 11.8. The Morgan fingerprint density at radius 2 is 1.50 bits per heavy atom. The summed E-state index contributed by atoms with van der Waals surface area (Å²) >= 11 is 0. The number of halogens is 6. The largest absolute Gasteiger partial charge is 0.507 e. The summed E-state index contributed by atoms with van der Waals surface area (Å²) in [7, 11) is -1.48. The van der Waals surface area contributed by atoms with Crippen LogP contribution in [0.2, 0.25) is 0 Å². The molecule has 2 aliphatic heterocycles. The number of phenols is 1. The predicted molar refractivity (Wildman–Crippen MR) is 148 cm³/mol. The maximum atomic E-state index is 14.0. The molecular formula is C31H26BF6NO5. The molecule has 1 aliphatic carbocycles. The Kier molecular flexibility index (Phi) is 7.12. The van der Waals surface area contributed by atoms with Gasteiger partial charge in [-0.1, -0.05) is 49.8 Å². The molecule has 230 valence electrons. The van der Waals surface area contributed by atoms with Gasteiger partial charge in [0.1, 0.15) is 5.75 Å². The normalized spacial score (nSPS) is 24.4. The van der Waals surface area contributed by atoms with Crippen LogP contribution in [-0.4, -0.2) is 29.1 Å². The third kappa shape index (κ3) is 4.86. The first-order valence-corrected chi connectivity index (χ1v) is 14.0. The summed E-state index contributed by atoms with van der Waals surface area (Å²) in [5.41, 5.74) is -2.42. The highest BCUT2D eigenvalue weighted by molar-refractivity contribution is 6.53. The van der Waals surface area contributed by atoms with Gasteiger partial charge >= 0.3 is 19.5 Å². The number of hydrogen-bond donors (Lipinski definition) is 2. The quantitative estimate of drug-likeness (QED) is 0.191. The van der Waals surface area contributed by atoms with Crippen molar-refractivity contribution in [2.45, 2.75) is 45.1 Å². The summed E-state index contributed by atoms with van der Waals surface area (Å²) < 4.78 is 87.9. The number of imide groups is 1. The predicted octanol–water partition coefficient (Wildman–Crippen LogP) is 6.84. The van der Waals surface area contributed by atoms with E-state index >= 15 is 0 Å². The number of fused-ring (bicyclic) bond motifs is 4. The van der Waals surface area contributed by atoms with Crippen molar-refractivity contribution in [2.75, 3.05) is 4.90 Å². The SMILES string of the molecule is CC(C)C1=C2B(O)O[C@H](c3ccc(O)c4ccccc34)C[C@H]2[C@H]2C(=O)N(c3cc(C(F)(F)F)cc(C(F)(F)F)c3)C(=O)[C@H]2C1. The number of allylic oxidation sites excluding steroid dienone is 2. The molecule has 0 spiro atoms. The fourth-order valence-electron chi connectivity index (χ4n) is 7.01. The van der Waals surface area contributed by atoms with Crippen LogP contribution in [0.5, 0.6) is 5.75 Å². The Hall–Kier alpha value is -3.84. The van der Waals surface area contributed by atoms with E-state index in [4.69, 9.17) is 4.65 Å². The molecule has 0 aromatic heterocycles. The zero-order valence-corrected chi connectivity index (χ0v) is 23.4. The van der Waals surface area contributed by atoms with E-state index in [1.54, 1.807) is 30.3 Å². The lowest BCUT2D eigenvalue weighted by Crippen LogP contribution is -2.45. The third-order valence-corrected chi connectivity index (χ3v) is 8.96. The fourth-order valence-corrected chi connectivity index (χ4v) is 7.01. The number of rotatable bonds is 3. The van der Waals surface area contributed by atoms with E-state index in [0.717, 1.165) is 0 Å². The van der Waals surface area contributed by atoms with Crippen molar-refractivity contribution in [3.8, 4) is 5.75 Å². The van der Waals surface area contributed by atoms with Gasteiger partial charge in [-0.15, -0.1) is 0 Å². The lowest BCUT2D eigenvalue weighted by atomic mass is 9.54. The minimum Gasteiger partial charge on any atom is -0.507 e. The molecule has 2 amide bonds. The molecule has 0 radical (unpaired) electrons. The summed E-state index contributed by atoms with van der Waals surface area (Å²) in [6.07, 6.45) is -11.0. The monoisotopic (exact) mass is 617 g/mol. The van der Waals surface area contributed by atoms with Gasteiger partial charge in [0.2, 0.25) is 11.8 Å². The van der Waals surface area contributed by atoms with Crippen LogP contribution in [0, 0.1) is 23.7 Å². The highest BCUT2D eigenvalue weighted by Gasteiger charge is 2.58. The van der Waals surface area contributed by atoms with Gasteiger partial charge in [0.05, 0.1) is 34.8 Å². The minimum atomic E-state index is -5.17. The number of carbonyl (C=O) groups is 2. The zero-order valence-electron chi connectivity index (χ0n) is 23.4. The number of amides is 2. The van der Waals surface area contributed by atoms with E-state index in [-0.39, 0.29) is 30.6 Å². The number of benzene rings is 3. The average molecular weight is 617 g/mol. The molecule has 44 heavy (non-hydrogen) atoms. The van der Waals surface area contributed by atoms with Gasteiger partial charge in [-0.05, 0) is 65.4 Å². The van der Waals surface area contributed by atoms with Crippen molar-refractivity contribution >= 4 is 35.4 Å². The average Bonchev–Trinajstić information content (AvgIpc) is 3.21. The number of hydrogen-bond acceptors (Lipinski definition) is 5. The van der Waals surface area contributed by atoms with Crippen molar-refractivity contribution in [3.63, 3.8) is 0 Å². The Balaban J connectivity index is 1.45. The van der Waals surface area contributed by atoms with E-state index in [0.29, 0.717) is 44.4 Å². The van der Waals surface area contributed by atoms with E-state index in [2.05, 4.69) is 0 Å². The first kappa shape index (κ1) is 30.2. The van der Waals surface area contributed by atoms with Crippen LogP contribution < -0.4 is 4.90 Å². The van der Waals surface area contributed by atoms with Crippen LogP contribution in [0.25, 0.3) is 10.8 Å². The van der Waals surface area contributed by atoms with Gasteiger partial charge in [-0.3, -0.25) is 9.59 Å². The van der Waals surface area contributed by atoms with Crippen LogP contribution in [0.3, 0.4) is 0 Å². The fraction of sp³-hybridized carbons (Fsp3) is 0.355. The van der Waals surface area contributed by atoms with E-state index < -0.39 is 72.0 Å². The molecular weight excluding hydrogens is 591 g/mol. The van der Waals surface area contributed by atoms with Gasteiger partial charge in [-0.25, -0.2) is 4.90 Å². The van der Waals surface area contributed by atoms with Crippen LogP contribution in [0.4, 0.5) is 32.0 Å². The number of alkyl halides is 6. The Labute approximate surface area is 248 Å². The van der Waals surface area contributed by atoms with E-state index in [1.807, 2.05) is 13.8 Å². The number of nitrogens with zero attached hydrogens (tertiary/aromatic N) is 1. The van der Waals surface area contributed by atoms with Crippen molar-refractivity contribution < 1.29 is 50.7 Å². The second kappa shape index (κ2) is 10.4. The van der Waals surface area contributed by atoms with Gasteiger partial charge < -0.3 is 14.8 Å². The van der Waals surface area contributed by atoms with Crippen molar-refractivity contribution in [2.24, 2.45) is 23.7 Å². The summed E-state index contributed by atoms with van der Waals surface area (Å²) in [5.74, 6) is -5.00. The Bertz CT molecular complexity index is 1690. The van der Waals surface area contributed by atoms with Crippen LogP contribution in [0.1, 0.15) is 49.5 Å². The van der Waals surface area contributed by atoms with Crippen molar-refractivity contribution in [3.05, 3.63) is 82.3 Å². The van der Waals surface area contributed by atoms with Crippen molar-refractivity contribution in [1.29, 1.82) is 0 Å². The molecule has 2 heterocycles. The lowest BCUT2D eigenvalue weighted by molar-refractivity contribution is -0.143. The van der Waals surface area contributed by atoms with Crippen LogP contribution in [0.15, 0.2) is 65.6 Å². The molecule has 6 nitrogen and oxygen atoms in total. The Morgan fingerprint density at radius 1 is 0.886 bits per heavy atom. The molecule has 3 aromatic rings. The highest BCUT2D eigenvalue weighted by atomic mass is 19.4. The van der Waals surface area contributed by atoms with E-state index in [1.165, 1.54) is 6.07 Å². The molecule has 3 aliphatic rings. The summed E-state index contributed by atoms with van der Waals surface area (Å²) in [6.45, 7) is 3.65. The number of carbonyl (C=O) groups excluding carboxylic acids is 2. The molecule has 6 rings (SSSR count). The van der Waals surface area contributed by atoms with E-state index in [9.17, 15) is 46.1 Å². The van der Waals surface area contributed by atoms with Crippen LogP contribution in [-0.2, 0) is 26.6 Å². The van der Waals surface area contributed by atoms with Crippen LogP contribution >= 0.6 is 0 Å². The van der Waals surface area contributed by atoms with Crippen molar-refractivity contribution in [1.82, 2.24) is 0 Å². The first-order chi connectivity index (χ1) is 20.6. The Morgan fingerprint density at radius 3 is 2.09 bits per heavy atom. The minimum absolute atomic E-state index is 0.00639. The smallest absolute Gasteiger partial charge is 0.487 e. The molecule has 2 N–H and O–H groups in total. The molecule has 0 bridgehead atoms. The molecule has 2 fully saturated rings. The number of anilines is 1. The van der Waals surface area contributed by atoms with Gasteiger partial charge in [0, 0.05) is 5.39 Å². The highest BCUT2D eigenvalue weighted by Crippen LogP contribution is 2.54. The van der Waals surface area contributed by atoms with Gasteiger partial charge in [0.25, 0.3) is 0 Å². The maximum absolute atomic E-state index is 14.0. The topological polar surface area (TPSA) is 87.1 Å². The maximum Gasteiger partial charge on any atom is 0.487 e. The molecule has 0 unspecified atom stereocenters. The molecule has 3 aromatic carbocycles. The zero-order chi connectivity index (χ0) is 31.9. The summed E-state index contributed by atoms with van der Waals surface area (Å²) in [4.78, 5) is 28.2. The van der Waals surface area contributed by atoms with Gasteiger partial charge in [-0.2, -0.15) is 26.3 Å². The molecule has 13 heteroatoms. The summed E-state index contributed by atoms with van der Waals surface area (Å²) in [6, 6.07) is 10.8. The number of phenolic OH excluding ortho intramolecular Hbond substituents is 1. The first-order valence-electron chi connectivity index (χ1n) is 14.0. The number of aromatic hydroxyl groups is 1. The lowest BCUT2D eigenvalue weighted by Gasteiger charge is -2.43. The molecule has 0 saturated carbocycles. The summed E-state index contributed by atoms with van der Waals surface area (Å²) in [5, 5.41) is 22.8. The third-order valence-electron chi connectivity index (χ3n) is 8.96. The standard InChI is InChI=1S/C31H26BF6NO5/c1-14(2)21-12-23-26(29(42)39(28(23)41)17-10-15(30(33,34)35)9-16(11-17)31(36,37)38)22-13-25(44-32(43)27(21)22)20-7-8-24(40)19-6-4-3-5-18(19)20/h3-11,14,22-23,25-26,40,43H,12-13H2,1-2H3/t22-,23-,25-,26+/m0/s1. The molecule has 4 atom stereocenters.